The topological polar surface area (TPSA) is 24.1 Å². The molecule has 1 rings (SSSR count). The molecule has 0 aromatic rings. The minimum Gasteiger partial charge on any atom is -0.314 e. The van der Waals surface area contributed by atoms with Crippen LogP contribution in [-0.4, -0.2) is 25.7 Å². The molecular formula is C11H24N2. The molecule has 2 N–H and O–H groups in total. The van der Waals surface area contributed by atoms with E-state index < -0.39 is 0 Å². The molecule has 2 heteroatoms. The Balaban J connectivity index is 1.68. The van der Waals surface area contributed by atoms with Gasteiger partial charge in [-0.2, -0.15) is 0 Å². The third-order valence-corrected chi connectivity index (χ3v) is 2.74. The van der Waals surface area contributed by atoms with Crippen molar-refractivity contribution in [2.24, 2.45) is 0 Å². The van der Waals surface area contributed by atoms with Crippen molar-refractivity contribution in [2.75, 3.05) is 19.6 Å². The number of nitrogens with one attached hydrogen (secondary N) is 2. The lowest BCUT2D eigenvalue weighted by Gasteiger charge is -2.28. The van der Waals surface area contributed by atoms with Crippen LogP contribution in [0.4, 0.5) is 0 Å². The van der Waals surface area contributed by atoms with Gasteiger partial charge in [0.15, 0.2) is 0 Å². The minimum atomic E-state index is 0.774. The zero-order valence-electron chi connectivity index (χ0n) is 8.94. The highest BCUT2D eigenvalue weighted by molar-refractivity contribution is 4.80. The maximum absolute atomic E-state index is 3.55. The van der Waals surface area contributed by atoms with Gasteiger partial charge in [0.25, 0.3) is 0 Å². The molecule has 0 atom stereocenters. The fourth-order valence-corrected chi connectivity index (χ4v) is 1.64. The van der Waals surface area contributed by atoms with Crippen molar-refractivity contribution in [3.63, 3.8) is 0 Å². The lowest BCUT2D eigenvalue weighted by Crippen LogP contribution is -2.55. The molecule has 2 nitrogen and oxygen atoms in total. The monoisotopic (exact) mass is 184 g/mol. The van der Waals surface area contributed by atoms with Crippen molar-refractivity contribution >= 4 is 0 Å². The van der Waals surface area contributed by atoms with E-state index in [2.05, 4.69) is 17.6 Å². The average Bonchev–Trinajstić information content (AvgIpc) is 2.07. The SMILES string of the molecule is CCCCCCCCNC1CNC1. The number of hydrogen-bond acceptors (Lipinski definition) is 2. The van der Waals surface area contributed by atoms with Gasteiger partial charge >= 0.3 is 0 Å². The molecule has 0 aromatic carbocycles. The van der Waals surface area contributed by atoms with Gasteiger partial charge in [0.1, 0.15) is 0 Å². The predicted octanol–water partition coefficient (Wildman–Crippen LogP) is 1.91. The molecule has 0 amide bonds. The highest BCUT2D eigenvalue weighted by Crippen LogP contribution is 2.04. The highest BCUT2D eigenvalue weighted by Gasteiger charge is 2.14. The first-order valence-corrected chi connectivity index (χ1v) is 5.87. The Morgan fingerprint density at radius 1 is 1.08 bits per heavy atom. The maximum Gasteiger partial charge on any atom is 0.0317 e. The first-order chi connectivity index (χ1) is 6.43. The molecule has 0 bridgehead atoms. The minimum absolute atomic E-state index is 0.774. The van der Waals surface area contributed by atoms with Crippen LogP contribution in [0.3, 0.4) is 0 Å². The van der Waals surface area contributed by atoms with Gasteiger partial charge in [0.05, 0.1) is 0 Å². The molecule has 0 spiro atoms. The normalized spacial score (nSPS) is 17.3. The summed E-state index contributed by atoms with van der Waals surface area (Å²) in [6, 6.07) is 0.774. The average molecular weight is 184 g/mol. The van der Waals surface area contributed by atoms with E-state index in [0.717, 1.165) is 6.04 Å². The Bertz CT molecular complexity index is 111. The Morgan fingerprint density at radius 3 is 2.38 bits per heavy atom. The van der Waals surface area contributed by atoms with Crippen LogP contribution in [0.25, 0.3) is 0 Å². The third-order valence-electron chi connectivity index (χ3n) is 2.74. The summed E-state index contributed by atoms with van der Waals surface area (Å²) in [5.41, 5.74) is 0. The van der Waals surface area contributed by atoms with Gasteiger partial charge in [-0.25, -0.2) is 0 Å². The standard InChI is InChI=1S/C11H24N2/c1-2-3-4-5-6-7-8-13-11-9-12-10-11/h11-13H,2-10H2,1H3. The summed E-state index contributed by atoms with van der Waals surface area (Å²) in [6.07, 6.45) is 8.40. The van der Waals surface area contributed by atoms with E-state index in [4.69, 9.17) is 0 Å². The third kappa shape index (κ3) is 5.27. The van der Waals surface area contributed by atoms with Crippen LogP contribution >= 0.6 is 0 Å². The van der Waals surface area contributed by atoms with Crippen LogP contribution in [-0.2, 0) is 0 Å². The van der Waals surface area contributed by atoms with Crippen molar-refractivity contribution in [2.45, 2.75) is 51.5 Å². The predicted molar refractivity (Wildman–Crippen MR) is 58.0 cm³/mol. The van der Waals surface area contributed by atoms with E-state index in [-0.39, 0.29) is 0 Å². The van der Waals surface area contributed by atoms with Gasteiger partial charge < -0.3 is 10.6 Å². The summed E-state index contributed by atoms with van der Waals surface area (Å²) in [7, 11) is 0. The second-order valence-electron chi connectivity index (χ2n) is 4.08. The van der Waals surface area contributed by atoms with Crippen molar-refractivity contribution in [3.05, 3.63) is 0 Å². The quantitative estimate of drug-likeness (QED) is 0.563. The smallest absolute Gasteiger partial charge is 0.0317 e. The summed E-state index contributed by atoms with van der Waals surface area (Å²) in [6.45, 7) is 5.84. The van der Waals surface area contributed by atoms with E-state index in [1.807, 2.05) is 0 Å². The second-order valence-corrected chi connectivity index (χ2v) is 4.08. The number of hydrogen-bond donors (Lipinski definition) is 2. The second kappa shape index (κ2) is 7.34. The highest BCUT2D eigenvalue weighted by atomic mass is 15.1. The lowest BCUT2D eigenvalue weighted by atomic mass is 10.1. The van der Waals surface area contributed by atoms with E-state index in [9.17, 15) is 0 Å². The molecule has 0 radical (unpaired) electrons. The van der Waals surface area contributed by atoms with Gasteiger partial charge in [-0.3, -0.25) is 0 Å². The molecule has 1 aliphatic rings. The maximum atomic E-state index is 3.55. The van der Waals surface area contributed by atoms with Crippen molar-refractivity contribution in [1.29, 1.82) is 0 Å². The van der Waals surface area contributed by atoms with Crippen LogP contribution in [0.5, 0.6) is 0 Å². The van der Waals surface area contributed by atoms with E-state index in [0.29, 0.717) is 0 Å². The molecule has 0 aliphatic carbocycles. The van der Waals surface area contributed by atoms with Crippen molar-refractivity contribution in [1.82, 2.24) is 10.6 Å². The lowest BCUT2D eigenvalue weighted by molar-refractivity contribution is 0.363. The molecule has 0 saturated carbocycles. The molecular weight excluding hydrogens is 160 g/mol. The summed E-state index contributed by atoms with van der Waals surface area (Å²) < 4.78 is 0. The van der Waals surface area contributed by atoms with E-state index in [1.165, 1.54) is 58.2 Å². The zero-order chi connectivity index (χ0) is 9.36. The van der Waals surface area contributed by atoms with Gasteiger partial charge in [-0.1, -0.05) is 39.0 Å². The summed E-state index contributed by atoms with van der Waals surface area (Å²) in [5, 5.41) is 6.82. The van der Waals surface area contributed by atoms with Gasteiger partial charge in [-0.05, 0) is 13.0 Å². The van der Waals surface area contributed by atoms with Crippen LogP contribution < -0.4 is 10.6 Å². The molecule has 0 unspecified atom stereocenters. The van der Waals surface area contributed by atoms with Gasteiger partial charge in [0.2, 0.25) is 0 Å². The van der Waals surface area contributed by atoms with Crippen LogP contribution in [0.15, 0.2) is 0 Å². The van der Waals surface area contributed by atoms with Gasteiger partial charge in [-0.15, -0.1) is 0 Å². The number of unbranched alkanes of at least 4 members (excludes halogenated alkanes) is 5. The van der Waals surface area contributed by atoms with Crippen LogP contribution in [0.1, 0.15) is 45.4 Å². The van der Waals surface area contributed by atoms with E-state index >= 15 is 0 Å². The van der Waals surface area contributed by atoms with Crippen molar-refractivity contribution < 1.29 is 0 Å². The summed E-state index contributed by atoms with van der Waals surface area (Å²) in [5.74, 6) is 0. The molecule has 0 aromatic heterocycles. The first-order valence-electron chi connectivity index (χ1n) is 5.87. The van der Waals surface area contributed by atoms with Crippen molar-refractivity contribution in [3.8, 4) is 0 Å². The Morgan fingerprint density at radius 2 is 1.77 bits per heavy atom. The Kier molecular flexibility index (Phi) is 6.21. The summed E-state index contributed by atoms with van der Waals surface area (Å²) >= 11 is 0. The molecule has 1 saturated heterocycles. The Hall–Kier alpha value is -0.0800. The van der Waals surface area contributed by atoms with E-state index in [1.54, 1.807) is 0 Å². The molecule has 1 aliphatic heterocycles. The Labute approximate surface area is 82.5 Å². The molecule has 1 fully saturated rings. The molecule has 78 valence electrons. The van der Waals surface area contributed by atoms with Gasteiger partial charge in [0, 0.05) is 19.1 Å². The molecule has 13 heavy (non-hydrogen) atoms. The first kappa shape index (κ1) is 11.0. The van der Waals surface area contributed by atoms with Crippen LogP contribution in [0, 0.1) is 0 Å². The number of rotatable bonds is 8. The molecule has 1 heterocycles. The summed E-state index contributed by atoms with van der Waals surface area (Å²) in [4.78, 5) is 0. The fourth-order valence-electron chi connectivity index (χ4n) is 1.64. The van der Waals surface area contributed by atoms with Crippen LogP contribution in [0.2, 0.25) is 0 Å². The largest absolute Gasteiger partial charge is 0.314 e. The fraction of sp³-hybridized carbons (Fsp3) is 1.00. The zero-order valence-corrected chi connectivity index (χ0v) is 8.94.